The van der Waals surface area contributed by atoms with Crippen LogP contribution in [0.5, 0.6) is 11.5 Å². The minimum Gasteiger partial charge on any atom is -0.497 e. The second-order valence-corrected chi connectivity index (χ2v) is 8.14. The minimum atomic E-state index is 0.759. The van der Waals surface area contributed by atoms with Gasteiger partial charge < -0.3 is 19.3 Å². The van der Waals surface area contributed by atoms with E-state index in [1.165, 1.54) is 35.9 Å². The van der Waals surface area contributed by atoms with E-state index in [-0.39, 0.29) is 0 Å². The summed E-state index contributed by atoms with van der Waals surface area (Å²) in [4.78, 5) is 8.07. The van der Waals surface area contributed by atoms with E-state index in [0.29, 0.717) is 0 Å². The van der Waals surface area contributed by atoms with E-state index >= 15 is 0 Å². The number of methoxy groups -OCH3 is 1. The normalized spacial score (nSPS) is 19.9. The van der Waals surface area contributed by atoms with Gasteiger partial charge in [-0.1, -0.05) is 12.1 Å². The van der Waals surface area contributed by atoms with Gasteiger partial charge in [0.2, 0.25) is 0 Å². The molecule has 6 heteroatoms. The lowest BCUT2D eigenvalue weighted by Gasteiger charge is -2.29. The van der Waals surface area contributed by atoms with Crippen molar-refractivity contribution in [2.24, 2.45) is 0 Å². The first-order valence-electron chi connectivity index (χ1n) is 9.58. The first-order valence-corrected chi connectivity index (χ1v) is 10.4. The lowest BCUT2D eigenvalue weighted by atomic mass is 10.3. The Morgan fingerprint density at radius 3 is 2.37 bits per heavy atom. The van der Waals surface area contributed by atoms with Crippen LogP contribution in [0.3, 0.4) is 0 Å². The molecule has 2 aromatic carbocycles. The molecule has 27 heavy (non-hydrogen) atoms. The molecule has 1 aromatic heterocycles. The van der Waals surface area contributed by atoms with Crippen LogP contribution in [-0.2, 0) is 6.54 Å². The van der Waals surface area contributed by atoms with Gasteiger partial charge in [0.05, 0.1) is 17.3 Å². The largest absolute Gasteiger partial charge is 0.497 e. The molecule has 1 aliphatic rings. The Morgan fingerprint density at radius 1 is 0.926 bits per heavy atom. The molecule has 1 fully saturated rings. The van der Waals surface area contributed by atoms with E-state index < -0.39 is 0 Å². The van der Waals surface area contributed by atoms with Crippen molar-refractivity contribution in [2.75, 3.05) is 46.4 Å². The molecular weight excluding hydrogens is 358 g/mol. The van der Waals surface area contributed by atoms with Crippen LogP contribution in [0.4, 0.5) is 0 Å². The summed E-state index contributed by atoms with van der Waals surface area (Å²) in [5.74, 6) is 1.77. The molecular formula is C21H27N3O2S+2. The van der Waals surface area contributed by atoms with E-state index in [1.54, 1.807) is 16.9 Å². The van der Waals surface area contributed by atoms with Crippen LogP contribution in [0.25, 0.3) is 10.2 Å². The highest BCUT2D eigenvalue weighted by Crippen LogP contribution is 2.20. The lowest BCUT2D eigenvalue weighted by molar-refractivity contribution is -1.02. The quantitative estimate of drug-likeness (QED) is 0.628. The van der Waals surface area contributed by atoms with Crippen molar-refractivity contribution in [3.05, 3.63) is 53.5 Å². The second-order valence-electron chi connectivity index (χ2n) is 7.03. The summed E-state index contributed by atoms with van der Waals surface area (Å²) < 4.78 is 12.3. The maximum Gasteiger partial charge on any atom is 0.148 e. The fourth-order valence-corrected chi connectivity index (χ4v) is 4.62. The number of quaternary nitrogens is 2. The Bertz CT molecular complexity index is 824. The maximum atomic E-state index is 5.87. The van der Waals surface area contributed by atoms with Crippen molar-refractivity contribution in [3.63, 3.8) is 0 Å². The van der Waals surface area contributed by atoms with Gasteiger partial charge in [-0.3, -0.25) is 0 Å². The third kappa shape index (κ3) is 4.77. The van der Waals surface area contributed by atoms with Crippen molar-refractivity contribution >= 4 is 21.6 Å². The highest BCUT2D eigenvalue weighted by Gasteiger charge is 2.23. The van der Waals surface area contributed by atoms with E-state index in [0.717, 1.165) is 36.7 Å². The number of piperazine rings is 1. The number of rotatable bonds is 7. The van der Waals surface area contributed by atoms with Gasteiger partial charge in [0, 0.05) is 0 Å². The predicted molar refractivity (Wildman–Crippen MR) is 108 cm³/mol. The number of hydrogen-bond acceptors (Lipinski definition) is 4. The van der Waals surface area contributed by atoms with Gasteiger partial charge in [0.15, 0.2) is 0 Å². The van der Waals surface area contributed by atoms with Crippen molar-refractivity contribution in [1.82, 2.24) is 4.98 Å². The zero-order valence-corrected chi connectivity index (χ0v) is 16.6. The van der Waals surface area contributed by atoms with Gasteiger partial charge >= 0.3 is 0 Å². The molecule has 0 saturated carbocycles. The molecule has 0 bridgehead atoms. The average Bonchev–Trinajstić information content (AvgIpc) is 3.12. The number of hydrogen-bond donors (Lipinski definition) is 2. The van der Waals surface area contributed by atoms with E-state index in [9.17, 15) is 0 Å². The van der Waals surface area contributed by atoms with Crippen molar-refractivity contribution in [3.8, 4) is 11.5 Å². The molecule has 2 heterocycles. The van der Waals surface area contributed by atoms with Crippen LogP contribution < -0.4 is 19.3 Å². The second kappa shape index (κ2) is 8.69. The first-order chi connectivity index (χ1) is 13.3. The fourth-order valence-electron chi connectivity index (χ4n) is 3.58. The number of ether oxygens (including phenoxy) is 2. The third-order valence-corrected chi connectivity index (χ3v) is 6.22. The Balaban J connectivity index is 1.19. The standard InChI is InChI=1S/C21H25N3O2S/c1-25-17-6-8-18(9-7-17)26-15-14-23-10-12-24(13-11-23)16-21-22-19-4-2-3-5-20(19)27-21/h2-9H,10-16H2,1H3/p+2. The molecule has 0 unspecified atom stereocenters. The average molecular weight is 386 g/mol. The van der Waals surface area contributed by atoms with Crippen molar-refractivity contribution < 1.29 is 19.3 Å². The van der Waals surface area contributed by atoms with Crippen LogP contribution >= 0.6 is 11.3 Å². The Kier molecular flexibility index (Phi) is 5.87. The summed E-state index contributed by atoms with van der Waals surface area (Å²) in [5, 5.41) is 1.26. The minimum absolute atomic E-state index is 0.759. The molecule has 4 rings (SSSR count). The summed E-state index contributed by atoms with van der Waals surface area (Å²) in [6.45, 7) is 7.67. The number of fused-ring (bicyclic) bond motifs is 1. The molecule has 2 N–H and O–H groups in total. The highest BCUT2D eigenvalue weighted by atomic mass is 32.1. The summed E-state index contributed by atoms with van der Waals surface area (Å²) in [7, 11) is 1.68. The molecule has 0 amide bonds. The number of aromatic nitrogens is 1. The zero-order chi connectivity index (χ0) is 18.5. The molecule has 1 saturated heterocycles. The zero-order valence-electron chi connectivity index (χ0n) is 15.7. The van der Waals surface area contributed by atoms with E-state index in [1.807, 2.05) is 35.6 Å². The summed E-state index contributed by atoms with van der Waals surface area (Å²) in [5.41, 5.74) is 1.14. The van der Waals surface area contributed by atoms with Crippen LogP contribution in [0, 0.1) is 0 Å². The van der Waals surface area contributed by atoms with Gasteiger partial charge in [0.1, 0.15) is 62.4 Å². The van der Waals surface area contributed by atoms with Gasteiger partial charge in [-0.15, -0.1) is 11.3 Å². The number of nitrogens with zero attached hydrogens (tertiary/aromatic N) is 1. The smallest absolute Gasteiger partial charge is 0.148 e. The Labute approximate surface area is 164 Å². The first kappa shape index (κ1) is 18.2. The topological polar surface area (TPSA) is 40.2 Å². The molecule has 0 spiro atoms. The monoisotopic (exact) mass is 385 g/mol. The molecule has 0 atom stereocenters. The van der Waals surface area contributed by atoms with Gasteiger partial charge in [-0.2, -0.15) is 0 Å². The Hall–Kier alpha value is -2.15. The summed E-state index contributed by atoms with van der Waals surface area (Å²) in [6.07, 6.45) is 0. The third-order valence-electron chi connectivity index (χ3n) is 5.19. The van der Waals surface area contributed by atoms with Crippen LogP contribution in [-0.4, -0.2) is 51.4 Å². The van der Waals surface area contributed by atoms with Gasteiger partial charge in [-0.25, -0.2) is 4.98 Å². The molecule has 0 aliphatic carbocycles. The van der Waals surface area contributed by atoms with Crippen LogP contribution in [0.2, 0.25) is 0 Å². The molecule has 142 valence electrons. The summed E-state index contributed by atoms with van der Waals surface area (Å²) in [6, 6.07) is 16.2. The lowest BCUT2D eigenvalue weighted by Crippen LogP contribution is -3.27. The van der Waals surface area contributed by atoms with Crippen LogP contribution in [0.1, 0.15) is 5.01 Å². The molecule has 1 aliphatic heterocycles. The van der Waals surface area contributed by atoms with Gasteiger partial charge in [0.25, 0.3) is 0 Å². The molecule has 0 radical (unpaired) electrons. The van der Waals surface area contributed by atoms with Gasteiger partial charge in [-0.05, 0) is 36.4 Å². The maximum absolute atomic E-state index is 5.87. The number of para-hydroxylation sites is 1. The molecule has 5 nitrogen and oxygen atoms in total. The molecule has 3 aromatic rings. The van der Waals surface area contributed by atoms with Crippen molar-refractivity contribution in [1.29, 1.82) is 0 Å². The SMILES string of the molecule is COc1ccc(OCC[NH+]2CC[NH+](Cc3nc4ccccc4s3)CC2)cc1. The van der Waals surface area contributed by atoms with Crippen molar-refractivity contribution in [2.45, 2.75) is 6.54 Å². The number of benzene rings is 2. The highest BCUT2D eigenvalue weighted by molar-refractivity contribution is 7.18. The van der Waals surface area contributed by atoms with E-state index in [2.05, 4.69) is 24.3 Å². The fraction of sp³-hybridized carbons (Fsp3) is 0.381. The number of thiazole rings is 1. The summed E-state index contributed by atoms with van der Waals surface area (Å²) >= 11 is 1.84. The predicted octanol–water partition coefficient (Wildman–Crippen LogP) is 0.667. The number of nitrogens with one attached hydrogen (secondary N) is 2. The Morgan fingerprint density at radius 2 is 1.63 bits per heavy atom. The van der Waals surface area contributed by atoms with Crippen LogP contribution in [0.15, 0.2) is 48.5 Å². The van der Waals surface area contributed by atoms with E-state index in [4.69, 9.17) is 14.5 Å².